The third kappa shape index (κ3) is 4.54. The molecular weight excluding hydrogens is 390 g/mol. The predicted molar refractivity (Wildman–Crippen MR) is 119 cm³/mol. The van der Waals surface area contributed by atoms with Crippen molar-refractivity contribution in [3.05, 3.63) is 101 Å². The van der Waals surface area contributed by atoms with E-state index in [0.29, 0.717) is 41.8 Å². The van der Waals surface area contributed by atoms with Crippen LogP contribution in [0.4, 0.5) is 5.69 Å². The molecule has 0 saturated heterocycles. The van der Waals surface area contributed by atoms with Gasteiger partial charge in [-0.3, -0.25) is 14.4 Å². The number of rotatable bonds is 6. The number of anilines is 1. The first-order valence-electron chi connectivity index (χ1n) is 10.2. The van der Waals surface area contributed by atoms with Gasteiger partial charge in [0, 0.05) is 29.8 Å². The van der Waals surface area contributed by atoms with E-state index < -0.39 is 6.04 Å². The van der Waals surface area contributed by atoms with E-state index >= 15 is 0 Å². The van der Waals surface area contributed by atoms with E-state index in [1.807, 2.05) is 30.3 Å². The lowest BCUT2D eigenvalue weighted by Gasteiger charge is -2.19. The minimum Gasteiger partial charge on any atom is -0.336 e. The molecule has 0 radical (unpaired) electrons. The molecular formula is C25H23N3O3. The van der Waals surface area contributed by atoms with E-state index in [4.69, 9.17) is 5.73 Å². The number of nitrogens with two attached hydrogens (primary N) is 1. The zero-order chi connectivity index (χ0) is 21.8. The first-order valence-corrected chi connectivity index (χ1v) is 10.2. The zero-order valence-corrected chi connectivity index (χ0v) is 16.9. The first-order chi connectivity index (χ1) is 15.0. The van der Waals surface area contributed by atoms with Gasteiger partial charge < -0.3 is 16.4 Å². The largest absolute Gasteiger partial charge is 0.336 e. The maximum atomic E-state index is 13.2. The van der Waals surface area contributed by atoms with Crippen molar-refractivity contribution in [3.63, 3.8) is 0 Å². The van der Waals surface area contributed by atoms with Crippen molar-refractivity contribution in [2.24, 2.45) is 5.73 Å². The summed E-state index contributed by atoms with van der Waals surface area (Å²) in [5.74, 6) is -0.598. The molecule has 2 amide bonds. The molecule has 0 fully saturated rings. The normalized spacial score (nSPS) is 13.4. The Bertz CT molecular complexity index is 1140. The molecule has 6 nitrogen and oxygen atoms in total. The predicted octanol–water partition coefficient (Wildman–Crippen LogP) is 3.38. The molecule has 0 spiro atoms. The number of hydrogen-bond acceptors (Lipinski definition) is 4. The number of hydrogen-bond donors (Lipinski definition) is 3. The number of nitrogens with one attached hydrogen (secondary N) is 2. The Labute approximate surface area is 180 Å². The van der Waals surface area contributed by atoms with E-state index in [1.165, 1.54) is 0 Å². The van der Waals surface area contributed by atoms with Crippen molar-refractivity contribution in [2.75, 3.05) is 5.32 Å². The summed E-state index contributed by atoms with van der Waals surface area (Å²) in [4.78, 5) is 37.9. The zero-order valence-electron chi connectivity index (χ0n) is 16.9. The Morgan fingerprint density at radius 2 is 1.74 bits per heavy atom. The van der Waals surface area contributed by atoms with E-state index in [9.17, 15) is 14.4 Å². The number of carbonyl (C=O) groups excluding carboxylic acids is 3. The summed E-state index contributed by atoms with van der Waals surface area (Å²) < 4.78 is 0. The molecule has 0 aromatic heterocycles. The Morgan fingerprint density at radius 3 is 2.52 bits per heavy atom. The second kappa shape index (κ2) is 8.93. The van der Waals surface area contributed by atoms with Gasteiger partial charge in [0.05, 0.1) is 0 Å². The molecule has 3 aromatic rings. The summed E-state index contributed by atoms with van der Waals surface area (Å²) >= 11 is 0. The fourth-order valence-corrected chi connectivity index (χ4v) is 3.75. The monoisotopic (exact) mass is 413 g/mol. The summed E-state index contributed by atoms with van der Waals surface area (Å²) in [6.45, 7) is 0.324. The van der Waals surface area contributed by atoms with Gasteiger partial charge in [0.15, 0.2) is 5.78 Å². The van der Waals surface area contributed by atoms with Crippen molar-refractivity contribution in [2.45, 2.75) is 25.4 Å². The van der Waals surface area contributed by atoms with Gasteiger partial charge in [-0.15, -0.1) is 0 Å². The number of aryl methyl sites for hydroxylation is 1. The summed E-state index contributed by atoms with van der Waals surface area (Å²) in [6, 6.07) is 20.5. The van der Waals surface area contributed by atoms with E-state index in [1.54, 1.807) is 42.5 Å². The van der Waals surface area contributed by atoms with Crippen LogP contribution in [0.3, 0.4) is 0 Å². The van der Waals surface area contributed by atoms with E-state index in [2.05, 4.69) is 10.6 Å². The number of amides is 2. The maximum absolute atomic E-state index is 13.2. The van der Waals surface area contributed by atoms with Gasteiger partial charge in [0.1, 0.15) is 6.04 Å². The quantitative estimate of drug-likeness (QED) is 0.577. The van der Waals surface area contributed by atoms with Crippen LogP contribution in [0, 0.1) is 0 Å². The molecule has 0 aliphatic heterocycles. The molecule has 0 saturated carbocycles. The van der Waals surface area contributed by atoms with Crippen LogP contribution in [0.25, 0.3) is 0 Å². The molecule has 6 heteroatoms. The second-order valence-electron chi connectivity index (χ2n) is 7.51. The van der Waals surface area contributed by atoms with Crippen LogP contribution < -0.4 is 16.4 Å². The molecule has 1 aliphatic carbocycles. The Kier molecular flexibility index (Phi) is 5.91. The highest BCUT2D eigenvalue weighted by atomic mass is 16.2. The van der Waals surface area contributed by atoms with Crippen LogP contribution in [-0.2, 0) is 17.8 Å². The second-order valence-corrected chi connectivity index (χ2v) is 7.51. The average molecular weight is 413 g/mol. The molecule has 1 unspecified atom stereocenters. The van der Waals surface area contributed by atoms with Gasteiger partial charge in [0.2, 0.25) is 0 Å². The van der Waals surface area contributed by atoms with Gasteiger partial charge in [-0.25, -0.2) is 0 Å². The van der Waals surface area contributed by atoms with Gasteiger partial charge in [-0.05, 0) is 53.4 Å². The summed E-state index contributed by atoms with van der Waals surface area (Å²) in [6.07, 6.45) is 1.17. The number of fused-ring (bicyclic) bond motifs is 1. The number of Topliss-reactive ketones (excluding diaryl/α,β-unsaturated/α-hetero) is 1. The summed E-state index contributed by atoms with van der Waals surface area (Å²) in [5, 5.41) is 5.71. The molecule has 156 valence electrons. The lowest BCUT2D eigenvalue weighted by Crippen LogP contribution is -2.37. The number of carbonyl (C=O) groups is 3. The van der Waals surface area contributed by atoms with Crippen LogP contribution in [0.5, 0.6) is 0 Å². The maximum Gasteiger partial charge on any atom is 0.252 e. The summed E-state index contributed by atoms with van der Waals surface area (Å²) in [7, 11) is 0. The molecule has 4 rings (SSSR count). The SMILES string of the molecule is NCc1cccc(C(=O)NC(C(=O)Nc2ccc3c(c2)CCC3=O)c2ccccc2)c1. The topological polar surface area (TPSA) is 101 Å². The number of ketones is 1. The van der Waals surface area contributed by atoms with Gasteiger partial charge in [-0.2, -0.15) is 0 Å². The Morgan fingerprint density at radius 1 is 0.935 bits per heavy atom. The smallest absolute Gasteiger partial charge is 0.252 e. The highest BCUT2D eigenvalue weighted by Gasteiger charge is 2.25. The van der Waals surface area contributed by atoms with E-state index in [-0.39, 0.29) is 17.6 Å². The van der Waals surface area contributed by atoms with Crippen molar-refractivity contribution in [1.29, 1.82) is 0 Å². The van der Waals surface area contributed by atoms with Crippen molar-refractivity contribution in [3.8, 4) is 0 Å². The average Bonchev–Trinajstić information content (AvgIpc) is 3.17. The van der Waals surface area contributed by atoms with E-state index in [0.717, 1.165) is 11.1 Å². The molecule has 0 heterocycles. The fourth-order valence-electron chi connectivity index (χ4n) is 3.75. The molecule has 4 N–H and O–H groups in total. The third-order valence-corrected chi connectivity index (χ3v) is 5.39. The minimum absolute atomic E-state index is 0.127. The van der Waals surface area contributed by atoms with Crippen LogP contribution in [0.1, 0.15) is 49.9 Å². The van der Waals surface area contributed by atoms with Crippen molar-refractivity contribution < 1.29 is 14.4 Å². The van der Waals surface area contributed by atoms with Gasteiger partial charge >= 0.3 is 0 Å². The highest BCUT2D eigenvalue weighted by Crippen LogP contribution is 2.26. The van der Waals surface area contributed by atoms with Crippen LogP contribution in [-0.4, -0.2) is 17.6 Å². The van der Waals surface area contributed by atoms with Crippen molar-refractivity contribution >= 4 is 23.3 Å². The first kappa shape index (κ1) is 20.5. The standard InChI is InChI=1S/C25H23N3O3/c26-15-16-5-4-8-19(13-16)24(30)28-23(17-6-2-1-3-7-17)25(31)27-20-10-11-21-18(14-20)9-12-22(21)29/h1-8,10-11,13-14,23H,9,12,15,26H2,(H,27,31)(H,28,30). The third-order valence-electron chi connectivity index (χ3n) is 5.39. The minimum atomic E-state index is -0.884. The van der Waals surface area contributed by atoms with Crippen molar-refractivity contribution in [1.82, 2.24) is 5.32 Å². The molecule has 31 heavy (non-hydrogen) atoms. The van der Waals surface area contributed by atoms with Crippen LogP contribution in [0.2, 0.25) is 0 Å². The highest BCUT2D eigenvalue weighted by molar-refractivity contribution is 6.03. The molecule has 3 aromatic carbocycles. The molecule has 0 bridgehead atoms. The Balaban J connectivity index is 1.57. The fraction of sp³-hybridized carbons (Fsp3) is 0.160. The molecule has 1 aliphatic rings. The Hall–Kier alpha value is -3.77. The lowest BCUT2D eigenvalue weighted by atomic mass is 10.0. The number of benzene rings is 3. The van der Waals surface area contributed by atoms with Crippen LogP contribution in [0.15, 0.2) is 72.8 Å². The summed E-state index contributed by atoms with van der Waals surface area (Å²) in [5.41, 5.74) is 9.86. The lowest BCUT2D eigenvalue weighted by molar-refractivity contribution is -0.118. The molecule has 1 atom stereocenters. The van der Waals surface area contributed by atoms with Gasteiger partial charge in [0.25, 0.3) is 11.8 Å². The van der Waals surface area contributed by atoms with Crippen LogP contribution >= 0.6 is 0 Å². The van der Waals surface area contributed by atoms with Gasteiger partial charge in [-0.1, -0.05) is 42.5 Å².